The highest BCUT2D eigenvalue weighted by Gasteiger charge is 2.38. The van der Waals surface area contributed by atoms with Crippen LogP contribution in [0.3, 0.4) is 0 Å². The van der Waals surface area contributed by atoms with E-state index >= 15 is 0 Å². The van der Waals surface area contributed by atoms with Gasteiger partial charge in [0, 0.05) is 30.6 Å². The number of carbonyl (C=O) groups excluding carboxylic acids is 1. The summed E-state index contributed by atoms with van der Waals surface area (Å²) in [6.45, 7) is 4.39. The van der Waals surface area contributed by atoms with E-state index in [1.165, 1.54) is 4.88 Å². The van der Waals surface area contributed by atoms with Crippen LogP contribution in [-0.2, 0) is 11.2 Å². The van der Waals surface area contributed by atoms with Crippen LogP contribution in [0.5, 0.6) is 0 Å². The molecule has 2 aliphatic rings. The lowest BCUT2D eigenvalue weighted by Gasteiger charge is -2.34. The van der Waals surface area contributed by atoms with E-state index in [0.29, 0.717) is 11.0 Å². The lowest BCUT2D eigenvalue weighted by atomic mass is 10.0. The third kappa shape index (κ3) is 6.20. The molecule has 0 aliphatic carbocycles. The first kappa shape index (κ1) is 25.8. The molecule has 1 N–H and O–H groups in total. The first-order valence-corrected chi connectivity index (χ1v) is 11.6. The molecule has 9 nitrogen and oxygen atoms in total. The second-order valence-corrected chi connectivity index (χ2v) is 9.43. The number of carboxylic acids is 1. The third-order valence-electron chi connectivity index (χ3n) is 5.69. The smallest absolute Gasteiger partial charge is 0.475 e. The summed E-state index contributed by atoms with van der Waals surface area (Å²) in [6.07, 6.45) is -1.03. The van der Waals surface area contributed by atoms with Gasteiger partial charge in [-0.2, -0.15) is 18.3 Å². The zero-order chi connectivity index (χ0) is 25.0. The van der Waals surface area contributed by atoms with Crippen molar-refractivity contribution >= 4 is 34.8 Å². The molecule has 0 radical (unpaired) electrons. The molecule has 186 valence electrons. The van der Waals surface area contributed by atoms with E-state index in [4.69, 9.17) is 14.9 Å². The molecule has 13 heteroatoms. The number of thiazole rings is 1. The minimum atomic E-state index is -5.08. The van der Waals surface area contributed by atoms with Gasteiger partial charge in [-0.3, -0.25) is 4.79 Å². The van der Waals surface area contributed by atoms with Crippen LogP contribution in [-0.4, -0.2) is 87.9 Å². The predicted molar refractivity (Wildman–Crippen MR) is 121 cm³/mol. The van der Waals surface area contributed by atoms with Crippen molar-refractivity contribution in [3.63, 3.8) is 0 Å². The second-order valence-electron chi connectivity index (χ2n) is 8.34. The van der Waals surface area contributed by atoms with Crippen LogP contribution in [0.15, 0.2) is 12.1 Å². The number of likely N-dealkylation sites (tertiary alicyclic amines) is 1. The van der Waals surface area contributed by atoms with Crippen LogP contribution in [0.1, 0.15) is 39.6 Å². The molecule has 34 heavy (non-hydrogen) atoms. The van der Waals surface area contributed by atoms with Gasteiger partial charge in [-0.1, -0.05) is 0 Å². The van der Waals surface area contributed by atoms with Crippen LogP contribution in [0, 0.1) is 6.92 Å². The molecule has 2 aromatic heterocycles. The van der Waals surface area contributed by atoms with Crippen molar-refractivity contribution in [2.75, 3.05) is 38.6 Å². The van der Waals surface area contributed by atoms with E-state index in [0.717, 1.165) is 62.6 Å². The van der Waals surface area contributed by atoms with Gasteiger partial charge in [0.05, 0.1) is 5.69 Å². The quantitative estimate of drug-likeness (QED) is 0.686. The Kier molecular flexibility index (Phi) is 8.08. The van der Waals surface area contributed by atoms with E-state index < -0.39 is 12.1 Å². The molecule has 0 atom stereocenters. The molecule has 4 rings (SSSR count). The first-order valence-electron chi connectivity index (χ1n) is 10.8. The van der Waals surface area contributed by atoms with Crippen molar-refractivity contribution in [2.45, 2.75) is 44.8 Å². The maximum absolute atomic E-state index is 13.0. The molecule has 0 aromatic carbocycles. The van der Waals surface area contributed by atoms with Gasteiger partial charge in [-0.25, -0.2) is 9.78 Å². The van der Waals surface area contributed by atoms with Crippen LogP contribution in [0.2, 0.25) is 0 Å². The van der Waals surface area contributed by atoms with Gasteiger partial charge in [0.2, 0.25) is 0 Å². The molecule has 0 unspecified atom stereocenters. The molecule has 2 aromatic rings. The highest BCUT2D eigenvalue weighted by atomic mass is 32.1. The molecule has 0 spiro atoms. The Labute approximate surface area is 199 Å². The number of amides is 1. The second kappa shape index (κ2) is 10.6. The monoisotopic (exact) mass is 500 g/mol. The number of aliphatic carboxylic acids is 1. The average Bonchev–Trinajstić information content (AvgIpc) is 3.23. The van der Waals surface area contributed by atoms with E-state index in [1.54, 1.807) is 11.3 Å². The van der Waals surface area contributed by atoms with Crippen molar-refractivity contribution < 1.29 is 27.9 Å². The number of hydrogen-bond acceptors (Lipinski definition) is 8. The summed E-state index contributed by atoms with van der Waals surface area (Å²) in [4.78, 5) is 34.1. The lowest BCUT2D eigenvalue weighted by Crippen LogP contribution is -2.44. The highest BCUT2D eigenvalue weighted by molar-refractivity contribution is 7.14. The molecule has 1 fully saturated rings. The van der Waals surface area contributed by atoms with Crippen molar-refractivity contribution in [3.8, 4) is 0 Å². The van der Waals surface area contributed by atoms with Gasteiger partial charge in [-0.05, 0) is 58.8 Å². The fourth-order valence-corrected chi connectivity index (χ4v) is 4.87. The predicted octanol–water partition coefficient (Wildman–Crippen LogP) is 3.13. The summed E-state index contributed by atoms with van der Waals surface area (Å²) in [5, 5.41) is 16.2. The topological polar surface area (TPSA) is 103 Å². The number of fused-ring (bicyclic) bond motifs is 1. The Morgan fingerprint density at radius 3 is 2.32 bits per heavy atom. The number of nitrogens with zero attached hydrogens (tertiary/aromatic N) is 6. The zero-order valence-electron chi connectivity index (χ0n) is 19.2. The first-order chi connectivity index (χ1) is 16.0. The van der Waals surface area contributed by atoms with E-state index in [2.05, 4.69) is 34.1 Å². The van der Waals surface area contributed by atoms with E-state index in [1.807, 2.05) is 24.0 Å². The number of carboxylic acid groups (broad SMARTS) is 1. The highest BCUT2D eigenvalue weighted by Crippen LogP contribution is 2.36. The number of aromatic nitrogens is 3. The zero-order valence-corrected chi connectivity index (χ0v) is 20.0. The Hall–Kier alpha value is -2.80. The van der Waals surface area contributed by atoms with Crippen molar-refractivity contribution in [1.82, 2.24) is 25.0 Å². The number of anilines is 2. The molecule has 1 amide bonds. The molecule has 1 saturated heterocycles. The summed E-state index contributed by atoms with van der Waals surface area (Å²) in [7, 11) is 4.22. The molecule has 0 bridgehead atoms. The average molecular weight is 501 g/mol. The van der Waals surface area contributed by atoms with Gasteiger partial charge in [0.15, 0.2) is 10.8 Å². The number of alkyl halides is 3. The summed E-state index contributed by atoms with van der Waals surface area (Å²) < 4.78 is 31.7. The number of hydrogen-bond donors (Lipinski definition) is 1. The number of rotatable bonds is 3. The van der Waals surface area contributed by atoms with E-state index in [9.17, 15) is 18.0 Å². The van der Waals surface area contributed by atoms with Crippen LogP contribution < -0.4 is 4.90 Å². The Balaban J connectivity index is 0.000000406. The molecular weight excluding hydrogens is 473 g/mol. The van der Waals surface area contributed by atoms with Crippen molar-refractivity contribution in [2.24, 2.45) is 0 Å². The van der Waals surface area contributed by atoms with Crippen LogP contribution >= 0.6 is 11.3 Å². The summed E-state index contributed by atoms with van der Waals surface area (Å²) in [5.41, 5.74) is 0.895. The molecule has 0 saturated carbocycles. The minimum Gasteiger partial charge on any atom is -0.475 e. The van der Waals surface area contributed by atoms with Gasteiger partial charge in [0.25, 0.3) is 5.91 Å². The molecular formula is C21H27F3N6O3S. The minimum absolute atomic E-state index is 0.0709. The number of piperidine rings is 1. The summed E-state index contributed by atoms with van der Waals surface area (Å²) in [6, 6.07) is 4.50. The maximum Gasteiger partial charge on any atom is 0.490 e. The van der Waals surface area contributed by atoms with Gasteiger partial charge < -0.3 is 19.8 Å². The van der Waals surface area contributed by atoms with Crippen molar-refractivity contribution in [3.05, 3.63) is 27.7 Å². The van der Waals surface area contributed by atoms with Crippen molar-refractivity contribution in [1.29, 1.82) is 0 Å². The SMILES string of the molecule is Cc1ccc(N2CCCc3sc(C(=O)N4CCC(N(C)C)CC4)nc32)nn1.O=C(O)C(F)(F)F. The third-order valence-corrected chi connectivity index (χ3v) is 6.78. The summed E-state index contributed by atoms with van der Waals surface area (Å²) >= 11 is 1.54. The number of carbonyl (C=O) groups is 2. The van der Waals surface area contributed by atoms with E-state index in [-0.39, 0.29) is 5.91 Å². The Morgan fingerprint density at radius 1 is 1.15 bits per heavy atom. The number of halogens is 3. The molecule has 4 heterocycles. The van der Waals surface area contributed by atoms with Crippen LogP contribution in [0.25, 0.3) is 0 Å². The normalized spacial score (nSPS) is 16.7. The van der Waals surface area contributed by atoms with Crippen LogP contribution in [0.4, 0.5) is 24.8 Å². The standard InChI is InChI=1S/C19H26N6OS.C2HF3O2/c1-13-6-7-16(22-21-13)25-10-4-5-15-17(25)20-18(27-15)19(26)24-11-8-14(9-12-24)23(2)3;3-2(4,5)1(6)7/h6-7,14H,4-5,8-12H2,1-3H3;(H,6,7). The van der Waals surface area contributed by atoms with Gasteiger partial charge >= 0.3 is 12.1 Å². The Bertz CT molecular complexity index is 1000. The number of aryl methyl sites for hydroxylation is 2. The lowest BCUT2D eigenvalue weighted by molar-refractivity contribution is -0.192. The Morgan fingerprint density at radius 2 is 1.79 bits per heavy atom. The largest absolute Gasteiger partial charge is 0.490 e. The maximum atomic E-state index is 13.0. The fraction of sp³-hybridized carbons (Fsp3) is 0.571. The van der Waals surface area contributed by atoms with Gasteiger partial charge in [0.1, 0.15) is 5.82 Å². The molecule has 2 aliphatic heterocycles. The fourth-order valence-electron chi connectivity index (χ4n) is 3.79. The summed E-state index contributed by atoms with van der Waals surface area (Å²) in [5.74, 6) is -0.998. The van der Waals surface area contributed by atoms with Gasteiger partial charge in [-0.15, -0.1) is 16.4 Å².